The number of carbonyl (C=O) groups is 1. The molecule has 0 aliphatic heterocycles. The van der Waals surface area contributed by atoms with E-state index >= 15 is 0 Å². The Bertz CT molecular complexity index is 362. The number of carbonyl (C=O) groups excluding carboxylic acids is 1. The van der Waals surface area contributed by atoms with Crippen LogP contribution in [0.3, 0.4) is 0 Å². The molecule has 0 aliphatic carbocycles. The van der Waals surface area contributed by atoms with Crippen molar-refractivity contribution in [2.24, 2.45) is 0 Å². The van der Waals surface area contributed by atoms with Gasteiger partial charge in [0.2, 0.25) is 0 Å². The summed E-state index contributed by atoms with van der Waals surface area (Å²) in [6.07, 6.45) is -0.928. The number of aliphatic hydroxyl groups excluding tert-OH is 2. The Hall–Kier alpha value is -1.40. The lowest BCUT2D eigenvalue weighted by molar-refractivity contribution is 0.0795. The lowest BCUT2D eigenvalue weighted by Crippen LogP contribution is -2.34. The summed E-state index contributed by atoms with van der Waals surface area (Å²) >= 11 is 0. The monoisotopic (exact) mass is 227 g/mol. The first-order valence-electron chi connectivity index (χ1n) is 5.20. The first-order chi connectivity index (χ1) is 7.58. The van der Waals surface area contributed by atoms with Crippen molar-refractivity contribution in [2.45, 2.75) is 26.5 Å². The highest BCUT2D eigenvalue weighted by atomic mass is 16.3. The first kappa shape index (κ1) is 12.7. The standard InChI is InChI=1S/C10H17N3O3/c1-3-13-9(4-7(2)12-13)10(16)11-5-8(15)6-14/h4,8,14-15H,3,5-6H2,1-2H3,(H,11,16). The number of aryl methyl sites for hydroxylation is 2. The molecule has 0 spiro atoms. The number of nitrogens with zero attached hydrogens (tertiary/aromatic N) is 2. The molecule has 1 rings (SSSR count). The number of hydrogen-bond donors (Lipinski definition) is 3. The number of hydrogen-bond acceptors (Lipinski definition) is 4. The van der Waals surface area contributed by atoms with E-state index in [0.717, 1.165) is 5.69 Å². The molecule has 1 atom stereocenters. The molecule has 6 nitrogen and oxygen atoms in total. The lowest BCUT2D eigenvalue weighted by Gasteiger charge is -2.09. The van der Waals surface area contributed by atoms with Crippen LogP contribution >= 0.6 is 0 Å². The van der Waals surface area contributed by atoms with Gasteiger partial charge in [0, 0.05) is 13.1 Å². The Labute approximate surface area is 93.9 Å². The molecule has 0 saturated carbocycles. The van der Waals surface area contributed by atoms with Crippen molar-refractivity contribution in [3.63, 3.8) is 0 Å². The van der Waals surface area contributed by atoms with Crippen molar-refractivity contribution < 1.29 is 15.0 Å². The summed E-state index contributed by atoms with van der Waals surface area (Å²) in [6, 6.07) is 1.68. The molecule has 1 aromatic rings. The summed E-state index contributed by atoms with van der Waals surface area (Å²) in [7, 11) is 0. The largest absolute Gasteiger partial charge is 0.394 e. The number of amides is 1. The Kier molecular flexibility index (Phi) is 4.45. The number of aromatic nitrogens is 2. The van der Waals surface area contributed by atoms with E-state index in [1.165, 1.54) is 0 Å². The molecular weight excluding hydrogens is 210 g/mol. The highest BCUT2D eigenvalue weighted by Gasteiger charge is 2.13. The third kappa shape index (κ3) is 3.04. The third-order valence-corrected chi connectivity index (χ3v) is 2.14. The molecule has 0 fully saturated rings. The minimum absolute atomic E-state index is 0.0310. The van der Waals surface area contributed by atoms with Gasteiger partial charge in [0.1, 0.15) is 5.69 Å². The Balaban J connectivity index is 2.65. The summed E-state index contributed by atoms with van der Waals surface area (Å²) in [5.74, 6) is -0.296. The van der Waals surface area contributed by atoms with Crippen molar-refractivity contribution >= 4 is 5.91 Å². The molecule has 16 heavy (non-hydrogen) atoms. The third-order valence-electron chi connectivity index (χ3n) is 2.14. The van der Waals surface area contributed by atoms with Gasteiger partial charge in [0.25, 0.3) is 5.91 Å². The van der Waals surface area contributed by atoms with E-state index in [9.17, 15) is 4.79 Å². The Morgan fingerprint density at radius 1 is 1.69 bits per heavy atom. The van der Waals surface area contributed by atoms with E-state index in [-0.39, 0.29) is 19.1 Å². The van der Waals surface area contributed by atoms with E-state index in [4.69, 9.17) is 10.2 Å². The van der Waals surface area contributed by atoms with Crippen molar-refractivity contribution in [1.82, 2.24) is 15.1 Å². The van der Waals surface area contributed by atoms with E-state index < -0.39 is 6.10 Å². The minimum atomic E-state index is -0.928. The van der Waals surface area contributed by atoms with Crippen molar-refractivity contribution in [3.8, 4) is 0 Å². The van der Waals surface area contributed by atoms with Crippen LogP contribution < -0.4 is 5.32 Å². The molecular formula is C10H17N3O3. The van der Waals surface area contributed by atoms with E-state index in [2.05, 4.69) is 10.4 Å². The van der Waals surface area contributed by atoms with Gasteiger partial charge < -0.3 is 15.5 Å². The second-order valence-electron chi connectivity index (χ2n) is 3.53. The van der Waals surface area contributed by atoms with E-state index in [1.807, 2.05) is 13.8 Å². The fourth-order valence-corrected chi connectivity index (χ4v) is 1.33. The smallest absolute Gasteiger partial charge is 0.269 e. The molecule has 0 aliphatic rings. The van der Waals surface area contributed by atoms with Crippen LogP contribution in [0.2, 0.25) is 0 Å². The van der Waals surface area contributed by atoms with Crippen LogP contribution in [0.4, 0.5) is 0 Å². The molecule has 6 heteroatoms. The SMILES string of the molecule is CCn1nc(C)cc1C(=O)NCC(O)CO. The fourth-order valence-electron chi connectivity index (χ4n) is 1.33. The Morgan fingerprint density at radius 3 is 2.94 bits per heavy atom. The minimum Gasteiger partial charge on any atom is -0.394 e. The summed E-state index contributed by atoms with van der Waals surface area (Å²) in [6.45, 7) is 3.98. The van der Waals surface area contributed by atoms with Crippen LogP contribution in [0.25, 0.3) is 0 Å². The van der Waals surface area contributed by atoms with Gasteiger partial charge in [0.05, 0.1) is 18.4 Å². The van der Waals surface area contributed by atoms with E-state index in [0.29, 0.717) is 12.2 Å². The molecule has 1 aromatic heterocycles. The predicted molar refractivity (Wildman–Crippen MR) is 58.1 cm³/mol. The molecule has 3 N–H and O–H groups in total. The zero-order valence-electron chi connectivity index (χ0n) is 9.47. The quantitative estimate of drug-likeness (QED) is 0.620. The lowest BCUT2D eigenvalue weighted by atomic mass is 10.3. The van der Waals surface area contributed by atoms with Crippen molar-refractivity contribution in [3.05, 3.63) is 17.5 Å². The zero-order chi connectivity index (χ0) is 12.1. The second kappa shape index (κ2) is 5.62. The highest BCUT2D eigenvalue weighted by molar-refractivity contribution is 5.92. The van der Waals surface area contributed by atoms with Crippen LogP contribution in [0.5, 0.6) is 0 Å². The molecule has 0 bridgehead atoms. The van der Waals surface area contributed by atoms with Crippen molar-refractivity contribution in [2.75, 3.05) is 13.2 Å². The van der Waals surface area contributed by atoms with Gasteiger partial charge in [0.15, 0.2) is 0 Å². The van der Waals surface area contributed by atoms with Gasteiger partial charge in [-0.05, 0) is 19.9 Å². The molecule has 90 valence electrons. The summed E-state index contributed by atoms with van der Waals surface area (Å²) in [5.41, 5.74) is 1.24. The summed E-state index contributed by atoms with van der Waals surface area (Å²) in [4.78, 5) is 11.7. The van der Waals surface area contributed by atoms with Gasteiger partial charge in [-0.15, -0.1) is 0 Å². The highest BCUT2D eigenvalue weighted by Crippen LogP contribution is 2.03. The predicted octanol–water partition coefficient (Wildman–Crippen LogP) is -0.706. The summed E-state index contributed by atoms with van der Waals surface area (Å²) in [5, 5.41) is 24.4. The van der Waals surface area contributed by atoms with Gasteiger partial charge in [-0.3, -0.25) is 9.48 Å². The maximum Gasteiger partial charge on any atom is 0.269 e. The molecule has 0 radical (unpaired) electrons. The average Bonchev–Trinajstić information content (AvgIpc) is 2.66. The fraction of sp³-hybridized carbons (Fsp3) is 0.600. The normalized spacial score (nSPS) is 12.5. The van der Waals surface area contributed by atoms with Crippen LogP contribution in [-0.2, 0) is 6.54 Å². The van der Waals surface area contributed by atoms with Gasteiger partial charge in [-0.2, -0.15) is 5.10 Å². The van der Waals surface area contributed by atoms with Gasteiger partial charge >= 0.3 is 0 Å². The number of rotatable bonds is 5. The summed E-state index contributed by atoms with van der Waals surface area (Å²) < 4.78 is 1.59. The van der Waals surface area contributed by atoms with Crippen LogP contribution in [0.1, 0.15) is 23.1 Å². The number of aliphatic hydroxyl groups is 2. The molecule has 1 unspecified atom stereocenters. The van der Waals surface area contributed by atoms with Gasteiger partial charge in [-0.25, -0.2) is 0 Å². The first-order valence-corrected chi connectivity index (χ1v) is 5.20. The average molecular weight is 227 g/mol. The maximum atomic E-state index is 11.7. The second-order valence-corrected chi connectivity index (χ2v) is 3.53. The molecule has 1 heterocycles. The van der Waals surface area contributed by atoms with Crippen LogP contribution in [-0.4, -0.2) is 45.2 Å². The van der Waals surface area contributed by atoms with E-state index in [1.54, 1.807) is 10.7 Å². The van der Waals surface area contributed by atoms with Gasteiger partial charge in [-0.1, -0.05) is 0 Å². The zero-order valence-corrected chi connectivity index (χ0v) is 9.47. The maximum absolute atomic E-state index is 11.7. The van der Waals surface area contributed by atoms with Crippen LogP contribution in [0.15, 0.2) is 6.07 Å². The molecule has 1 amide bonds. The molecule has 0 aromatic carbocycles. The number of nitrogens with one attached hydrogen (secondary N) is 1. The molecule has 0 saturated heterocycles. The van der Waals surface area contributed by atoms with Crippen molar-refractivity contribution in [1.29, 1.82) is 0 Å². The Morgan fingerprint density at radius 2 is 2.38 bits per heavy atom. The van der Waals surface area contributed by atoms with Crippen LogP contribution in [0, 0.1) is 6.92 Å². The topological polar surface area (TPSA) is 87.4 Å².